The summed E-state index contributed by atoms with van der Waals surface area (Å²) in [7, 11) is 0. The summed E-state index contributed by atoms with van der Waals surface area (Å²) in [4.78, 5) is 31.5. The Kier molecular flexibility index (Phi) is 4.73. The lowest BCUT2D eigenvalue weighted by atomic mass is 10.1. The first-order valence-electron chi connectivity index (χ1n) is 7.10. The van der Waals surface area contributed by atoms with Crippen LogP contribution in [0.5, 0.6) is 0 Å². The van der Waals surface area contributed by atoms with Crippen molar-refractivity contribution in [3.63, 3.8) is 0 Å². The normalized spacial score (nSPS) is 21.1. The monoisotopic (exact) mass is 335 g/mol. The highest BCUT2D eigenvalue weighted by molar-refractivity contribution is 8.14. The van der Waals surface area contributed by atoms with Crippen LogP contribution in [-0.4, -0.2) is 42.1 Å². The quantitative estimate of drug-likeness (QED) is 0.858. The van der Waals surface area contributed by atoms with Crippen molar-refractivity contribution in [2.24, 2.45) is 10.9 Å². The second kappa shape index (κ2) is 6.75. The summed E-state index contributed by atoms with van der Waals surface area (Å²) < 4.78 is 0. The van der Waals surface area contributed by atoms with Crippen LogP contribution >= 0.6 is 23.5 Å². The molecule has 0 bridgehead atoms. The molecule has 1 aromatic carbocycles. The third-order valence-electron chi connectivity index (χ3n) is 3.70. The van der Waals surface area contributed by atoms with Crippen molar-refractivity contribution in [2.45, 2.75) is 11.3 Å². The molecule has 1 atom stereocenters. The lowest BCUT2D eigenvalue weighted by Gasteiger charge is -2.17. The van der Waals surface area contributed by atoms with E-state index in [-0.39, 0.29) is 24.2 Å². The molecule has 1 N–H and O–H groups in total. The van der Waals surface area contributed by atoms with Crippen molar-refractivity contribution in [1.29, 1.82) is 0 Å². The van der Waals surface area contributed by atoms with Crippen LogP contribution in [0.1, 0.15) is 6.42 Å². The van der Waals surface area contributed by atoms with Crippen molar-refractivity contribution >= 4 is 46.2 Å². The molecule has 2 aliphatic rings. The van der Waals surface area contributed by atoms with Crippen molar-refractivity contribution in [2.75, 3.05) is 30.0 Å². The molecule has 2 amide bonds. The summed E-state index contributed by atoms with van der Waals surface area (Å²) in [5.41, 5.74) is 0.852. The van der Waals surface area contributed by atoms with Gasteiger partial charge in [-0.3, -0.25) is 14.6 Å². The Morgan fingerprint density at radius 3 is 2.82 bits per heavy atom. The first-order chi connectivity index (χ1) is 10.7. The van der Waals surface area contributed by atoms with Crippen LogP contribution in [0.2, 0.25) is 0 Å². The molecular weight excluding hydrogens is 318 g/mol. The van der Waals surface area contributed by atoms with E-state index in [9.17, 15) is 9.59 Å². The fraction of sp³-hybridized carbons (Fsp3) is 0.400. The van der Waals surface area contributed by atoms with Crippen LogP contribution < -0.4 is 10.2 Å². The van der Waals surface area contributed by atoms with Gasteiger partial charge in [0.15, 0.2) is 5.17 Å². The number of aliphatic imine (C=N–C) groups is 1. The molecule has 2 heterocycles. The highest BCUT2D eigenvalue weighted by atomic mass is 32.2. The summed E-state index contributed by atoms with van der Waals surface area (Å²) in [6.07, 6.45) is 2.27. The minimum absolute atomic E-state index is 0.00179. The number of hydrogen-bond acceptors (Lipinski definition) is 5. The molecule has 5 nitrogen and oxygen atoms in total. The molecule has 0 saturated carbocycles. The van der Waals surface area contributed by atoms with Gasteiger partial charge in [-0.15, -0.1) is 11.8 Å². The molecule has 0 spiro atoms. The average molecular weight is 335 g/mol. The van der Waals surface area contributed by atoms with E-state index in [2.05, 4.69) is 10.3 Å². The van der Waals surface area contributed by atoms with Crippen LogP contribution in [0, 0.1) is 5.92 Å². The summed E-state index contributed by atoms with van der Waals surface area (Å²) >= 11 is 3.21. The van der Waals surface area contributed by atoms with Crippen molar-refractivity contribution < 1.29 is 9.59 Å². The summed E-state index contributed by atoms with van der Waals surface area (Å²) in [6.45, 7) is 1.18. The van der Waals surface area contributed by atoms with Crippen LogP contribution in [0.25, 0.3) is 0 Å². The molecule has 3 rings (SSSR count). The summed E-state index contributed by atoms with van der Waals surface area (Å²) in [6, 6.07) is 7.84. The molecule has 0 unspecified atom stereocenters. The number of carbonyl (C=O) groups is 2. The van der Waals surface area contributed by atoms with E-state index >= 15 is 0 Å². The number of rotatable bonds is 3. The number of amides is 2. The van der Waals surface area contributed by atoms with Crippen molar-refractivity contribution in [3.05, 3.63) is 24.3 Å². The van der Waals surface area contributed by atoms with Gasteiger partial charge in [-0.25, -0.2) is 0 Å². The molecular formula is C15H17N3O2S2. The van der Waals surface area contributed by atoms with Crippen molar-refractivity contribution in [1.82, 2.24) is 5.32 Å². The smallest absolute Gasteiger partial charge is 0.231 e. The molecule has 0 aliphatic carbocycles. The highest BCUT2D eigenvalue weighted by Crippen LogP contribution is 2.27. The minimum atomic E-state index is -0.309. The van der Waals surface area contributed by atoms with Gasteiger partial charge in [0.25, 0.3) is 0 Å². The maximum absolute atomic E-state index is 12.2. The van der Waals surface area contributed by atoms with E-state index in [1.807, 2.05) is 30.5 Å². The van der Waals surface area contributed by atoms with Crippen LogP contribution in [-0.2, 0) is 9.59 Å². The Hall–Kier alpha value is -1.47. The standard InChI is InChI=1S/C15H17N3O2S2/c1-21-12-4-2-11(3-5-12)18-9-10(8-13(18)19)14(20)17-15-16-6-7-22-15/h2-5,10H,6-9H2,1H3,(H,16,17,20)/t10-/m0/s1. The maximum atomic E-state index is 12.2. The second-order valence-electron chi connectivity index (χ2n) is 5.13. The Bertz CT molecular complexity index is 616. The van der Waals surface area contributed by atoms with Gasteiger partial charge in [0.1, 0.15) is 0 Å². The predicted molar refractivity (Wildman–Crippen MR) is 91.6 cm³/mol. The molecule has 1 fully saturated rings. The maximum Gasteiger partial charge on any atom is 0.231 e. The zero-order chi connectivity index (χ0) is 15.5. The molecule has 22 heavy (non-hydrogen) atoms. The number of benzene rings is 1. The topological polar surface area (TPSA) is 61.8 Å². The van der Waals surface area contributed by atoms with Crippen LogP contribution in [0.4, 0.5) is 5.69 Å². The third kappa shape index (κ3) is 3.30. The van der Waals surface area contributed by atoms with E-state index < -0.39 is 0 Å². The van der Waals surface area contributed by atoms with Gasteiger partial charge >= 0.3 is 0 Å². The minimum Gasteiger partial charge on any atom is -0.312 e. The molecule has 2 aliphatic heterocycles. The Balaban J connectivity index is 1.65. The van der Waals surface area contributed by atoms with E-state index in [0.29, 0.717) is 11.7 Å². The van der Waals surface area contributed by atoms with Crippen LogP contribution in [0.3, 0.4) is 0 Å². The highest BCUT2D eigenvalue weighted by Gasteiger charge is 2.35. The molecule has 0 radical (unpaired) electrons. The van der Waals surface area contributed by atoms with E-state index in [4.69, 9.17) is 0 Å². The second-order valence-corrected chi connectivity index (χ2v) is 7.09. The number of nitrogens with zero attached hydrogens (tertiary/aromatic N) is 2. The average Bonchev–Trinajstić information content (AvgIpc) is 3.17. The molecule has 1 aromatic rings. The predicted octanol–water partition coefficient (Wildman–Crippen LogP) is 1.98. The zero-order valence-electron chi connectivity index (χ0n) is 12.2. The lowest BCUT2D eigenvalue weighted by molar-refractivity contribution is -0.125. The van der Waals surface area contributed by atoms with Gasteiger partial charge in [0.2, 0.25) is 11.8 Å². The third-order valence-corrected chi connectivity index (χ3v) is 5.33. The van der Waals surface area contributed by atoms with Gasteiger partial charge in [-0.2, -0.15) is 0 Å². The first kappa shape index (κ1) is 15.4. The first-order valence-corrected chi connectivity index (χ1v) is 9.31. The fourth-order valence-corrected chi connectivity index (χ4v) is 3.65. The van der Waals surface area contributed by atoms with E-state index in [0.717, 1.165) is 22.9 Å². The number of carbonyl (C=O) groups excluding carboxylic acids is 2. The number of thioether (sulfide) groups is 2. The molecule has 116 valence electrons. The number of nitrogens with one attached hydrogen (secondary N) is 1. The van der Waals surface area contributed by atoms with Gasteiger partial charge in [-0.05, 0) is 30.5 Å². The summed E-state index contributed by atoms with van der Waals surface area (Å²) in [5.74, 6) is 0.493. The Morgan fingerprint density at radius 2 is 2.18 bits per heavy atom. The molecule has 7 heteroatoms. The largest absolute Gasteiger partial charge is 0.312 e. The molecule has 1 saturated heterocycles. The van der Waals surface area contributed by atoms with Crippen molar-refractivity contribution in [3.8, 4) is 0 Å². The Labute approximate surface area is 137 Å². The molecule has 0 aromatic heterocycles. The van der Waals surface area contributed by atoms with E-state index in [1.165, 1.54) is 0 Å². The zero-order valence-corrected chi connectivity index (χ0v) is 13.9. The number of amidine groups is 1. The van der Waals surface area contributed by atoms with Crippen LogP contribution in [0.15, 0.2) is 34.2 Å². The SMILES string of the molecule is CSc1ccc(N2C[C@@H](C(=O)NC3=NCCS3)CC2=O)cc1. The number of anilines is 1. The van der Waals surface area contributed by atoms with Gasteiger partial charge in [0.05, 0.1) is 12.5 Å². The van der Waals surface area contributed by atoms with Gasteiger partial charge in [-0.1, -0.05) is 11.8 Å². The Morgan fingerprint density at radius 1 is 1.41 bits per heavy atom. The van der Waals surface area contributed by atoms with E-state index in [1.54, 1.807) is 28.4 Å². The van der Waals surface area contributed by atoms with Gasteiger partial charge < -0.3 is 10.2 Å². The lowest BCUT2D eigenvalue weighted by Crippen LogP contribution is -2.35. The van der Waals surface area contributed by atoms with Gasteiger partial charge in [0, 0.05) is 29.3 Å². The summed E-state index contributed by atoms with van der Waals surface area (Å²) in [5, 5.41) is 3.50. The fourth-order valence-electron chi connectivity index (χ4n) is 2.51. The number of hydrogen-bond donors (Lipinski definition) is 1.